The van der Waals surface area contributed by atoms with Gasteiger partial charge in [-0.3, -0.25) is 4.79 Å². The molecule has 0 spiro atoms. The van der Waals surface area contributed by atoms with Crippen LogP contribution in [0, 0.1) is 0 Å². The van der Waals surface area contributed by atoms with E-state index in [0.717, 1.165) is 5.56 Å². The van der Waals surface area contributed by atoms with E-state index < -0.39 is 0 Å². The number of hydrogen-bond acceptors (Lipinski definition) is 3. The minimum atomic E-state index is -0.121. The molecule has 5 heteroatoms. The number of methoxy groups -OCH3 is 1. The van der Waals surface area contributed by atoms with Crippen molar-refractivity contribution >= 4 is 23.2 Å². The zero-order valence-electron chi connectivity index (χ0n) is 12.6. The molecule has 116 valence electrons. The van der Waals surface area contributed by atoms with E-state index in [0.29, 0.717) is 16.5 Å². The van der Waals surface area contributed by atoms with Gasteiger partial charge in [-0.1, -0.05) is 41.9 Å². The van der Waals surface area contributed by atoms with Crippen LogP contribution in [0.15, 0.2) is 48.5 Å². The quantitative estimate of drug-likeness (QED) is 0.855. The van der Waals surface area contributed by atoms with Gasteiger partial charge >= 0.3 is 0 Å². The lowest BCUT2D eigenvalue weighted by Gasteiger charge is -2.14. The second-order valence-corrected chi connectivity index (χ2v) is 5.32. The largest absolute Gasteiger partial charge is 0.495 e. The monoisotopic (exact) mass is 318 g/mol. The molecule has 0 aliphatic heterocycles. The first-order chi connectivity index (χ1) is 10.6. The Hall–Kier alpha value is -2.04. The van der Waals surface area contributed by atoms with E-state index in [-0.39, 0.29) is 18.5 Å². The SMILES string of the molecule is COc1ccc(NC(=O)CNC(C)c2ccccc2)cc1Cl. The maximum Gasteiger partial charge on any atom is 0.238 e. The van der Waals surface area contributed by atoms with Gasteiger partial charge in [-0.2, -0.15) is 0 Å². The molecule has 0 saturated heterocycles. The first kappa shape index (κ1) is 16.3. The molecule has 2 aromatic carbocycles. The van der Waals surface area contributed by atoms with E-state index in [2.05, 4.69) is 10.6 Å². The average Bonchev–Trinajstić information content (AvgIpc) is 2.53. The third-order valence-electron chi connectivity index (χ3n) is 3.30. The fraction of sp³-hybridized carbons (Fsp3) is 0.235. The van der Waals surface area contributed by atoms with Crippen LogP contribution in [0.3, 0.4) is 0 Å². The predicted octanol–water partition coefficient (Wildman–Crippen LogP) is 3.64. The summed E-state index contributed by atoms with van der Waals surface area (Å²) in [4.78, 5) is 12.0. The highest BCUT2D eigenvalue weighted by atomic mass is 35.5. The minimum Gasteiger partial charge on any atom is -0.495 e. The molecule has 0 bridgehead atoms. The van der Waals surface area contributed by atoms with Crippen LogP contribution in [-0.4, -0.2) is 19.6 Å². The molecule has 4 nitrogen and oxygen atoms in total. The molecule has 0 aromatic heterocycles. The Balaban J connectivity index is 1.87. The van der Waals surface area contributed by atoms with Crippen LogP contribution < -0.4 is 15.4 Å². The molecule has 1 unspecified atom stereocenters. The van der Waals surface area contributed by atoms with Gasteiger partial charge in [-0.15, -0.1) is 0 Å². The number of nitrogens with one attached hydrogen (secondary N) is 2. The maximum absolute atomic E-state index is 12.0. The van der Waals surface area contributed by atoms with Crippen LogP contribution in [0.2, 0.25) is 5.02 Å². The number of rotatable bonds is 6. The molecular weight excluding hydrogens is 300 g/mol. The Bertz CT molecular complexity index is 632. The Morgan fingerprint density at radius 1 is 1.23 bits per heavy atom. The molecular formula is C17H19ClN2O2. The summed E-state index contributed by atoms with van der Waals surface area (Å²) in [5.41, 5.74) is 1.78. The topological polar surface area (TPSA) is 50.4 Å². The van der Waals surface area contributed by atoms with Crippen molar-refractivity contribution in [2.24, 2.45) is 0 Å². The molecule has 0 aliphatic carbocycles. The van der Waals surface area contributed by atoms with Crippen molar-refractivity contribution in [1.82, 2.24) is 5.32 Å². The van der Waals surface area contributed by atoms with E-state index in [1.807, 2.05) is 37.3 Å². The van der Waals surface area contributed by atoms with Crippen molar-refractivity contribution in [2.75, 3.05) is 19.0 Å². The van der Waals surface area contributed by atoms with E-state index >= 15 is 0 Å². The van der Waals surface area contributed by atoms with Crippen LogP contribution in [-0.2, 0) is 4.79 Å². The highest BCUT2D eigenvalue weighted by molar-refractivity contribution is 6.32. The Morgan fingerprint density at radius 2 is 1.95 bits per heavy atom. The van der Waals surface area contributed by atoms with Crippen molar-refractivity contribution in [1.29, 1.82) is 0 Å². The van der Waals surface area contributed by atoms with Gasteiger partial charge < -0.3 is 15.4 Å². The van der Waals surface area contributed by atoms with Crippen molar-refractivity contribution in [3.8, 4) is 5.75 Å². The molecule has 0 heterocycles. The normalized spacial score (nSPS) is 11.8. The summed E-state index contributed by atoms with van der Waals surface area (Å²) in [7, 11) is 1.55. The predicted molar refractivity (Wildman–Crippen MR) is 89.5 cm³/mol. The highest BCUT2D eigenvalue weighted by Crippen LogP contribution is 2.27. The molecule has 0 saturated carbocycles. The first-order valence-corrected chi connectivity index (χ1v) is 7.39. The zero-order valence-corrected chi connectivity index (χ0v) is 13.4. The van der Waals surface area contributed by atoms with E-state index in [1.165, 1.54) is 0 Å². The van der Waals surface area contributed by atoms with Gasteiger partial charge in [0, 0.05) is 11.7 Å². The second-order valence-electron chi connectivity index (χ2n) is 4.91. The Labute approximate surface area is 135 Å². The van der Waals surface area contributed by atoms with Gasteiger partial charge in [-0.25, -0.2) is 0 Å². The summed E-state index contributed by atoms with van der Waals surface area (Å²) in [6, 6.07) is 15.2. The summed E-state index contributed by atoms with van der Waals surface area (Å²) in [6.07, 6.45) is 0. The second kappa shape index (κ2) is 7.82. The summed E-state index contributed by atoms with van der Waals surface area (Å²) in [5.74, 6) is 0.458. The molecule has 0 fully saturated rings. The summed E-state index contributed by atoms with van der Waals surface area (Å²) in [5, 5.41) is 6.45. The van der Waals surface area contributed by atoms with E-state index in [9.17, 15) is 4.79 Å². The lowest BCUT2D eigenvalue weighted by atomic mass is 10.1. The number of anilines is 1. The fourth-order valence-electron chi connectivity index (χ4n) is 2.05. The van der Waals surface area contributed by atoms with Gasteiger partial charge in [0.1, 0.15) is 5.75 Å². The van der Waals surface area contributed by atoms with E-state index in [4.69, 9.17) is 16.3 Å². The highest BCUT2D eigenvalue weighted by Gasteiger charge is 2.08. The van der Waals surface area contributed by atoms with Crippen molar-refractivity contribution in [2.45, 2.75) is 13.0 Å². The van der Waals surface area contributed by atoms with Crippen LogP contribution in [0.5, 0.6) is 5.75 Å². The van der Waals surface area contributed by atoms with Crippen LogP contribution in [0.25, 0.3) is 0 Å². The molecule has 1 amide bonds. The molecule has 22 heavy (non-hydrogen) atoms. The number of ether oxygens (including phenoxy) is 1. The van der Waals surface area contributed by atoms with Gasteiger partial charge in [-0.05, 0) is 30.7 Å². The first-order valence-electron chi connectivity index (χ1n) is 7.02. The summed E-state index contributed by atoms with van der Waals surface area (Å²) < 4.78 is 5.08. The van der Waals surface area contributed by atoms with Gasteiger partial charge in [0.25, 0.3) is 0 Å². The third kappa shape index (κ3) is 4.48. The molecule has 2 N–H and O–H groups in total. The fourth-order valence-corrected chi connectivity index (χ4v) is 2.31. The van der Waals surface area contributed by atoms with Crippen molar-refractivity contribution < 1.29 is 9.53 Å². The molecule has 2 aromatic rings. The Kier molecular flexibility index (Phi) is 5.81. The summed E-state index contributed by atoms with van der Waals surface area (Å²) in [6.45, 7) is 2.24. The number of benzene rings is 2. The van der Waals surface area contributed by atoms with Crippen molar-refractivity contribution in [3.63, 3.8) is 0 Å². The van der Waals surface area contributed by atoms with Gasteiger partial charge in [0.15, 0.2) is 0 Å². The molecule has 0 radical (unpaired) electrons. The smallest absolute Gasteiger partial charge is 0.238 e. The van der Waals surface area contributed by atoms with Crippen LogP contribution >= 0.6 is 11.6 Å². The summed E-state index contributed by atoms with van der Waals surface area (Å²) >= 11 is 6.03. The number of carbonyl (C=O) groups excluding carboxylic acids is 1. The average molecular weight is 319 g/mol. The third-order valence-corrected chi connectivity index (χ3v) is 3.60. The maximum atomic E-state index is 12.0. The zero-order chi connectivity index (χ0) is 15.9. The van der Waals surface area contributed by atoms with Gasteiger partial charge in [0.05, 0.1) is 18.7 Å². The van der Waals surface area contributed by atoms with Crippen molar-refractivity contribution in [3.05, 3.63) is 59.1 Å². The minimum absolute atomic E-state index is 0.103. The van der Waals surface area contributed by atoms with Gasteiger partial charge in [0.2, 0.25) is 5.91 Å². The molecule has 0 aliphatic rings. The number of carbonyl (C=O) groups is 1. The molecule has 1 atom stereocenters. The van der Waals surface area contributed by atoms with E-state index in [1.54, 1.807) is 25.3 Å². The number of halogens is 1. The molecule has 2 rings (SSSR count). The van der Waals surface area contributed by atoms with Crippen LogP contribution in [0.4, 0.5) is 5.69 Å². The number of hydrogen-bond donors (Lipinski definition) is 2. The lowest BCUT2D eigenvalue weighted by molar-refractivity contribution is -0.115. The standard InChI is InChI=1S/C17H19ClN2O2/c1-12(13-6-4-3-5-7-13)19-11-17(21)20-14-8-9-16(22-2)15(18)10-14/h3-10,12,19H,11H2,1-2H3,(H,20,21). The Morgan fingerprint density at radius 3 is 2.59 bits per heavy atom. The number of amides is 1. The lowest BCUT2D eigenvalue weighted by Crippen LogP contribution is -2.30. The van der Waals surface area contributed by atoms with Crippen LogP contribution in [0.1, 0.15) is 18.5 Å².